The molecule has 0 saturated heterocycles. The third-order valence-corrected chi connectivity index (χ3v) is 18.7. The summed E-state index contributed by atoms with van der Waals surface area (Å²) in [6, 6.07) is 95.3. The highest BCUT2D eigenvalue weighted by molar-refractivity contribution is 9.11. The molecular formula is C79H53Br2N3. The monoisotopic (exact) mass is 1200 g/mol. The van der Waals surface area contributed by atoms with E-state index in [2.05, 4.69) is 328 Å². The van der Waals surface area contributed by atoms with E-state index in [0.29, 0.717) is 0 Å². The van der Waals surface area contributed by atoms with Crippen LogP contribution >= 0.6 is 31.9 Å². The van der Waals surface area contributed by atoms with Crippen molar-refractivity contribution in [3.05, 3.63) is 286 Å². The van der Waals surface area contributed by atoms with E-state index in [4.69, 9.17) is 0 Å². The number of aryl methyl sites for hydroxylation is 3. The molecule has 398 valence electrons. The molecule has 0 aliphatic heterocycles. The molecule has 0 aliphatic carbocycles. The van der Waals surface area contributed by atoms with Gasteiger partial charge in [0.2, 0.25) is 0 Å². The summed E-state index contributed by atoms with van der Waals surface area (Å²) in [7, 11) is 0. The number of rotatable bonds is 2. The normalized spacial score (nSPS) is 11.9. The minimum Gasteiger partial charge on any atom is -0.354 e. The maximum Gasteiger partial charge on any atom is 0.0547 e. The Kier molecular flexibility index (Phi) is 11.9. The molecule has 84 heavy (non-hydrogen) atoms. The number of H-pyrrole nitrogens is 1. The van der Waals surface area contributed by atoms with Crippen molar-refractivity contribution in [1.82, 2.24) is 14.1 Å². The van der Waals surface area contributed by atoms with Crippen LogP contribution in [0.2, 0.25) is 0 Å². The van der Waals surface area contributed by atoms with Gasteiger partial charge in [-0.25, -0.2) is 0 Å². The molecule has 0 unspecified atom stereocenters. The second-order valence-electron chi connectivity index (χ2n) is 22.6. The third kappa shape index (κ3) is 8.13. The van der Waals surface area contributed by atoms with Crippen LogP contribution in [0, 0.1) is 20.8 Å². The zero-order valence-electron chi connectivity index (χ0n) is 46.5. The highest BCUT2D eigenvalue weighted by Gasteiger charge is 2.20. The first-order valence-electron chi connectivity index (χ1n) is 28.7. The van der Waals surface area contributed by atoms with E-state index in [-0.39, 0.29) is 0 Å². The van der Waals surface area contributed by atoms with Crippen LogP contribution in [0.25, 0.3) is 152 Å². The summed E-state index contributed by atoms with van der Waals surface area (Å²) in [6.45, 7) is 6.51. The van der Waals surface area contributed by atoms with Gasteiger partial charge < -0.3 is 14.1 Å². The first-order chi connectivity index (χ1) is 41.2. The third-order valence-electron chi connectivity index (χ3n) is 17.4. The lowest BCUT2D eigenvalue weighted by Crippen LogP contribution is -1.98. The molecule has 3 nitrogen and oxygen atoms in total. The molecule has 0 fully saturated rings. The molecule has 15 aromatic carbocycles. The number of aromatic nitrogens is 3. The van der Waals surface area contributed by atoms with Gasteiger partial charge in [-0.3, -0.25) is 0 Å². The molecule has 0 saturated carbocycles. The van der Waals surface area contributed by atoms with Crippen LogP contribution in [0.5, 0.6) is 0 Å². The van der Waals surface area contributed by atoms with Crippen molar-refractivity contribution in [2.24, 2.45) is 0 Å². The lowest BCUT2D eigenvalue weighted by molar-refractivity contribution is 1.19. The molecule has 18 aromatic rings. The van der Waals surface area contributed by atoms with Gasteiger partial charge in [-0.15, -0.1) is 0 Å². The summed E-state index contributed by atoms with van der Waals surface area (Å²) in [4.78, 5) is 3.51. The maximum atomic E-state index is 3.59. The Labute approximate surface area is 501 Å². The maximum absolute atomic E-state index is 3.59. The zero-order valence-corrected chi connectivity index (χ0v) is 49.6. The quantitative estimate of drug-likeness (QED) is 0.167. The molecule has 3 aromatic heterocycles. The van der Waals surface area contributed by atoms with Gasteiger partial charge in [-0.05, 0) is 187 Å². The van der Waals surface area contributed by atoms with Gasteiger partial charge >= 0.3 is 0 Å². The predicted octanol–water partition coefficient (Wildman–Crippen LogP) is 23.4. The van der Waals surface area contributed by atoms with Crippen LogP contribution in [-0.2, 0) is 0 Å². The van der Waals surface area contributed by atoms with Crippen LogP contribution in [0.4, 0.5) is 0 Å². The van der Waals surface area contributed by atoms with Gasteiger partial charge in [0.1, 0.15) is 0 Å². The topological polar surface area (TPSA) is 25.6 Å². The minimum absolute atomic E-state index is 1.15. The van der Waals surface area contributed by atoms with Crippen molar-refractivity contribution in [1.29, 1.82) is 0 Å². The first-order valence-corrected chi connectivity index (χ1v) is 30.3. The van der Waals surface area contributed by atoms with Gasteiger partial charge in [0.15, 0.2) is 0 Å². The van der Waals surface area contributed by atoms with E-state index in [1.165, 1.54) is 169 Å². The molecule has 0 spiro atoms. The van der Waals surface area contributed by atoms with Gasteiger partial charge in [-0.2, -0.15) is 0 Å². The Hall–Kier alpha value is -9.52. The summed E-state index contributed by atoms with van der Waals surface area (Å²) in [5.74, 6) is 0. The number of benzene rings is 15. The molecule has 1 N–H and O–H groups in total. The van der Waals surface area contributed by atoms with E-state index >= 15 is 0 Å². The number of halogens is 2. The molecule has 0 aliphatic rings. The average Bonchev–Trinajstić information content (AvgIpc) is 1.78. The van der Waals surface area contributed by atoms with Crippen LogP contribution in [-0.4, -0.2) is 14.1 Å². The minimum atomic E-state index is 1.15. The molecule has 0 atom stereocenters. The smallest absolute Gasteiger partial charge is 0.0547 e. The van der Waals surface area contributed by atoms with Crippen molar-refractivity contribution in [3.8, 4) is 11.4 Å². The SMILES string of the molecule is Brc1cccc2cc3c(Br)cccc3cc12.Cc1ccc2c(c1)[nH]c1ccc3ccccc3c12.Cc1ccc2c3c4ccccc4ccc3n(-c3cccc4cc5c(-n6c7cc(C)ccc7c7c8ccccc8ccc76)cccc5cc34)c2c1. The number of hydrogen-bond acceptors (Lipinski definition) is 0. The second kappa shape index (κ2) is 19.8. The number of hydrogen-bond donors (Lipinski definition) is 1. The molecular weight excluding hydrogens is 1150 g/mol. The fourth-order valence-electron chi connectivity index (χ4n) is 13.5. The van der Waals surface area contributed by atoms with E-state index in [1.54, 1.807) is 0 Å². The van der Waals surface area contributed by atoms with E-state index in [9.17, 15) is 0 Å². The highest BCUT2D eigenvalue weighted by atomic mass is 79.9. The Morgan fingerprint density at radius 2 is 0.631 bits per heavy atom. The molecule has 0 amide bonds. The number of nitrogens with zero attached hydrogens (tertiary/aromatic N) is 2. The molecule has 0 radical (unpaired) electrons. The van der Waals surface area contributed by atoms with E-state index in [1.807, 2.05) is 0 Å². The standard InChI is InChI=1S/C48H32N2.C17H13N.C14H8Br2/c1-29-17-21-37-45(25-29)49(43-23-19-31-9-3-5-13-35(31)47(37)43)41-15-7-11-33-28-40-34(27-39(33)41)12-8-16-42(40)50-44-24-20-32-10-4-6-14-36(32)48(44)38-22-18-30(2)26-46(38)50;1-11-6-8-14-16(10-11)18-15-9-7-12-4-2-3-5-13(12)17(14)15;15-13-5-1-3-9-7-12-10(8-11(9)13)4-2-6-14(12)16/h3-28H,1-2H3;2-10,18H,1H3;1-8H. The number of aromatic amines is 1. The lowest BCUT2D eigenvalue weighted by atomic mass is 10.0. The number of nitrogens with one attached hydrogen (secondary N) is 1. The molecule has 0 bridgehead atoms. The van der Waals surface area contributed by atoms with Crippen molar-refractivity contribution < 1.29 is 0 Å². The Morgan fingerprint density at radius 1 is 0.250 bits per heavy atom. The van der Waals surface area contributed by atoms with Crippen LogP contribution in [0.15, 0.2) is 270 Å². The zero-order chi connectivity index (χ0) is 56.3. The van der Waals surface area contributed by atoms with Crippen LogP contribution < -0.4 is 0 Å². The van der Waals surface area contributed by atoms with Gasteiger partial charge in [-0.1, -0.05) is 208 Å². The predicted molar refractivity (Wildman–Crippen MR) is 370 cm³/mol. The second-order valence-corrected chi connectivity index (χ2v) is 24.3. The average molecular weight is 1200 g/mol. The summed E-state index contributed by atoms with van der Waals surface area (Å²) < 4.78 is 7.27. The van der Waals surface area contributed by atoms with E-state index < -0.39 is 0 Å². The van der Waals surface area contributed by atoms with Crippen LogP contribution in [0.1, 0.15) is 16.7 Å². The Balaban J connectivity index is 0.000000137. The fraction of sp³-hybridized carbons (Fsp3) is 0.0380. The Morgan fingerprint density at radius 3 is 1.12 bits per heavy atom. The van der Waals surface area contributed by atoms with Crippen molar-refractivity contribution in [3.63, 3.8) is 0 Å². The molecule has 18 rings (SSSR count). The molecule has 5 heteroatoms. The first kappa shape index (κ1) is 50.2. The largest absolute Gasteiger partial charge is 0.354 e. The lowest BCUT2D eigenvalue weighted by Gasteiger charge is -2.16. The number of fused-ring (bicyclic) bond motifs is 19. The summed E-state index contributed by atoms with van der Waals surface area (Å²) >= 11 is 7.18. The van der Waals surface area contributed by atoms with Gasteiger partial charge in [0, 0.05) is 63.1 Å². The summed E-state index contributed by atoms with van der Waals surface area (Å²) in [5, 5.41) is 25.6. The van der Waals surface area contributed by atoms with Crippen molar-refractivity contribution in [2.45, 2.75) is 20.8 Å². The van der Waals surface area contributed by atoms with Crippen LogP contribution in [0.3, 0.4) is 0 Å². The summed E-state index contributed by atoms with van der Waals surface area (Å²) in [6.07, 6.45) is 0. The Bertz CT molecular complexity index is 5480. The molecule has 3 heterocycles. The highest BCUT2D eigenvalue weighted by Crippen LogP contribution is 2.43. The fourth-order valence-corrected chi connectivity index (χ4v) is 14.5. The van der Waals surface area contributed by atoms with Crippen molar-refractivity contribution in [2.75, 3.05) is 0 Å². The van der Waals surface area contributed by atoms with Crippen molar-refractivity contribution >= 4 is 173 Å². The van der Waals surface area contributed by atoms with E-state index in [0.717, 1.165) is 8.95 Å². The van der Waals surface area contributed by atoms with Gasteiger partial charge in [0.25, 0.3) is 0 Å². The van der Waals surface area contributed by atoms with Gasteiger partial charge in [0.05, 0.1) is 33.4 Å². The summed E-state index contributed by atoms with van der Waals surface area (Å²) in [5.41, 5.74) is 13.6.